The lowest BCUT2D eigenvalue weighted by atomic mass is 9.98. The Bertz CT molecular complexity index is 809. The van der Waals surface area contributed by atoms with Crippen molar-refractivity contribution in [3.05, 3.63) is 35.6 Å². The van der Waals surface area contributed by atoms with Crippen molar-refractivity contribution in [2.75, 3.05) is 0 Å². The van der Waals surface area contributed by atoms with Crippen LogP contribution in [-0.2, 0) is 25.4 Å². The van der Waals surface area contributed by atoms with Gasteiger partial charge in [0.2, 0.25) is 21.8 Å². The topological polar surface area (TPSA) is 74.8 Å². The van der Waals surface area contributed by atoms with Gasteiger partial charge >= 0.3 is 0 Å². The minimum Gasteiger partial charge on any atom is -0.279 e. The molecule has 0 aromatic heterocycles. The van der Waals surface area contributed by atoms with Gasteiger partial charge in [-0.3, -0.25) is 14.5 Å². The van der Waals surface area contributed by atoms with Crippen LogP contribution in [0.1, 0.15) is 44.1 Å². The molecule has 2 unspecified atom stereocenters. The second-order valence-electron chi connectivity index (χ2n) is 7.38. The summed E-state index contributed by atoms with van der Waals surface area (Å²) in [6.07, 6.45) is 3.04. The number of nitrogens with zero attached hydrogens (tertiary/aromatic N) is 2. The standard InChI is InChI=1S/C18H21FN2O4S/c19-13-3-1-12(2-4-13)11-26(24,25)21-14-5-6-15(21)10-16(9-14)20-17(22)7-8-18(20)23/h1-4,14-16H,5-11H2. The van der Waals surface area contributed by atoms with Crippen molar-refractivity contribution in [3.8, 4) is 0 Å². The van der Waals surface area contributed by atoms with E-state index in [2.05, 4.69) is 0 Å². The van der Waals surface area contributed by atoms with E-state index in [9.17, 15) is 22.4 Å². The summed E-state index contributed by atoms with van der Waals surface area (Å²) in [5, 5.41) is 0. The van der Waals surface area contributed by atoms with Crippen LogP contribution in [0.3, 0.4) is 0 Å². The van der Waals surface area contributed by atoms with Gasteiger partial charge in [-0.05, 0) is 43.4 Å². The summed E-state index contributed by atoms with van der Waals surface area (Å²) in [4.78, 5) is 25.4. The average molecular weight is 380 g/mol. The van der Waals surface area contributed by atoms with E-state index in [0.717, 1.165) is 12.8 Å². The van der Waals surface area contributed by atoms with E-state index >= 15 is 0 Å². The minimum atomic E-state index is -3.54. The van der Waals surface area contributed by atoms with Gasteiger partial charge in [-0.25, -0.2) is 12.8 Å². The van der Waals surface area contributed by atoms with Gasteiger partial charge in [0.25, 0.3) is 0 Å². The van der Waals surface area contributed by atoms with E-state index in [1.807, 2.05) is 0 Å². The Hall–Kier alpha value is -1.80. The molecular formula is C18H21FN2O4S. The average Bonchev–Trinajstić information content (AvgIpc) is 3.07. The second kappa shape index (κ2) is 6.42. The fraction of sp³-hybridized carbons (Fsp3) is 0.556. The van der Waals surface area contributed by atoms with E-state index in [1.54, 1.807) is 4.31 Å². The molecule has 3 saturated heterocycles. The number of piperidine rings is 1. The van der Waals surface area contributed by atoms with Crippen molar-refractivity contribution in [2.45, 2.75) is 62.4 Å². The third-order valence-corrected chi connectivity index (χ3v) is 7.62. The Morgan fingerprint density at radius 1 is 0.923 bits per heavy atom. The number of rotatable bonds is 4. The largest absolute Gasteiger partial charge is 0.279 e. The summed E-state index contributed by atoms with van der Waals surface area (Å²) in [7, 11) is -3.54. The van der Waals surface area contributed by atoms with E-state index in [-0.39, 0.29) is 48.5 Å². The van der Waals surface area contributed by atoms with Crippen molar-refractivity contribution >= 4 is 21.8 Å². The number of halogens is 1. The molecule has 3 aliphatic heterocycles. The molecule has 3 aliphatic rings. The van der Waals surface area contributed by atoms with E-state index in [0.29, 0.717) is 18.4 Å². The molecule has 2 atom stereocenters. The lowest BCUT2D eigenvalue weighted by Crippen LogP contribution is -2.53. The maximum Gasteiger partial charge on any atom is 0.229 e. The van der Waals surface area contributed by atoms with Gasteiger partial charge in [-0.1, -0.05) is 12.1 Å². The molecule has 3 fully saturated rings. The highest BCUT2D eigenvalue weighted by atomic mass is 32.2. The molecule has 0 N–H and O–H groups in total. The third-order valence-electron chi connectivity index (χ3n) is 5.68. The SMILES string of the molecule is O=C1CCC(=O)N1C1CC2CCC(C1)N2S(=O)(=O)Cc1ccc(F)cc1. The first-order valence-electron chi connectivity index (χ1n) is 8.96. The monoisotopic (exact) mass is 380 g/mol. The molecule has 26 heavy (non-hydrogen) atoms. The highest BCUT2D eigenvalue weighted by Crippen LogP contribution is 2.41. The Morgan fingerprint density at radius 2 is 1.46 bits per heavy atom. The van der Waals surface area contributed by atoms with E-state index in [1.165, 1.54) is 29.2 Å². The maximum absolute atomic E-state index is 13.0. The smallest absolute Gasteiger partial charge is 0.229 e. The van der Waals surface area contributed by atoms with Crippen LogP contribution in [0.15, 0.2) is 24.3 Å². The maximum atomic E-state index is 13.0. The normalized spacial score (nSPS) is 29.6. The molecule has 6 nitrogen and oxygen atoms in total. The number of imide groups is 1. The second-order valence-corrected chi connectivity index (χ2v) is 9.25. The molecule has 2 bridgehead atoms. The van der Waals surface area contributed by atoms with Gasteiger partial charge in [0.15, 0.2) is 0 Å². The zero-order chi connectivity index (χ0) is 18.5. The Morgan fingerprint density at radius 3 is 2.00 bits per heavy atom. The first-order valence-corrected chi connectivity index (χ1v) is 10.6. The molecule has 0 spiro atoms. The third kappa shape index (κ3) is 3.05. The van der Waals surface area contributed by atoms with Gasteiger partial charge in [-0.15, -0.1) is 0 Å². The Kier molecular flexibility index (Phi) is 4.35. The molecule has 8 heteroatoms. The number of carbonyl (C=O) groups is 2. The molecule has 0 radical (unpaired) electrons. The van der Waals surface area contributed by atoms with Crippen molar-refractivity contribution < 1.29 is 22.4 Å². The fourth-order valence-electron chi connectivity index (χ4n) is 4.64. The van der Waals surface area contributed by atoms with Crippen LogP contribution in [0.2, 0.25) is 0 Å². The number of sulfonamides is 1. The van der Waals surface area contributed by atoms with Gasteiger partial charge in [0.1, 0.15) is 5.82 Å². The molecule has 3 heterocycles. The van der Waals surface area contributed by atoms with Gasteiger partial charge in [0.05, 0.1) is 5.75 Å². The molecule has 2 amide bonds. The summed E-state index contributed by atoms with van der Waals surface area (Å²) in [5.41, 5.74) is 0.554. The number of hydrogen-bond donors (Lipinski definition) is 0. The van der Waals surface area contributed by atoms with Crippen LogP contribution < -0.4 is 0 Å². The number of amides is 2. The number of fused-ring (bicyclic) bond motifs is 2. The van der Waals surface area contributed by atoms with Crippen LogP contribution in [0, 0.1) is 5.82 Å². The van der Waals surface area contributed by atoms with Crippen LogP contribution in [-0.4, -0.2) is 47.6 Å². The Balaban J connectivity index is 1.51. The number of benzene rings is 1. The number of hydrogen-bond acceptors (Lipinski definition) is 4. The molecular weight excluding hydrogens is 359 g/mol. The van der Waals surface area contributed by atoms with Gasteiger partial charge < -0.3 is 0 Å². The summed E-state index contributed by atoms with van der Waals surface area (Å²) >= 11 is 0. The molecule has 140 valence electrons. The van der Waals surface area contributed by atoms with E-state index in [4.69, 9.17) is 0 Å². The summed E-state index contributed by atoms with van der Waals surface area (Å²) in [6, 6.07) is 4.96. The summed E-state index contributed by atoms with van der Waals surface area (Å²) in [5.74, 6) is -0.831. The lowest BCUT2D eigenvalue weighted by molar-refractivity contribution is -0.142. The highest BCUT2D eigenvalue weighted by molar-refractivity contribution is 7.88. The lowest BCUT2D eigenvalue weighted by Gasteiger charge is -2.40. The van der Waals surface area contributed by atoms with Crippen LogP contribution >= 0.6 is 0 Å². The van der Waals surface area contributed by atoms with E-state index < -0.39 is 15.8 Å². The first kappa shape index (κ1) is 17.6. The van der Waals surface area contributed by atoms with Gasteiger partial charge in [0, 0.05) is 31.0 Å². The van der Waals surface area contributed by atoms with Crippen molar-refractivity contribution in [1.82, 2.24) is 9.21 Å². The first-order chi connectivity index (χ1) is 12.3. The summed E-state index contributed by atoms with van der Waals surface area (Å²) < 4.78 is 40.5. The fourth-order valence-corrected chi connectivity index (χ4v) is 6.69. The van der Waals surface area contributed by atoms with Crippen molar-refractivity contribution in [1.29, 1.82) is 0 Å². The summed E-state index contributed by atoms with van der Waals surface area (Å²) in [6.45, 7) is 0. The quantitative estimate of drug-likeness (QED) is 0.747. The minimum absolute atomic E-state index is 0.137. The number of likely N-dealkylation sites (tertiary alicyclic amines) is 1. The van der Waals surface area contributed by atoms with Crippen LogP contribution in [0.4, 0.5) is 4.39 Å². The zero-order valence-corrected chi connectivity index (χ0v) is 15.1. The molecule has 4 rings (SSSR count). The van der Waals surface area contributed by atoms with Crippen LogP contribution in [0.25, 0.3) is 0 Å². The van der Waals surface area contributed by atoms with Crippen molar-refractivity contribution in [2.24, 2.45) is 0 Å². The number of carbonyl (C=O) groups excluding carboxylic acids is 2. The van der Waals surface area contributed by atoms with Crippen LogP contribution in [0.5, 0.6) is 0 Å². The predicted octanol–water partition coefficient (Wildman–Crippen LogP) is 1.80. The van der Waals surface area contributed by atoms with Gasteiger partial charge in [-0.2, -0.15) is 4.31 Å². The molecule has 0 saturated carbocycles. The van der Waals surface area contributed by atoms with Crippen molar-refractivity contribution in [3.63, 3.8) is 0 Å². The Labute approximate surface area is 152 Å². The molecule has 1 aromatic carbocycles. The molecule has 1 aromatic rings. The zero-order valence-electron chi connectivity index (χ0n) is 14.3. The highest BCUT2D eigenvalue weighted by Gasteiger charge is 2.50. The predicted molar refractivity (Wildman–Crippen MR) is 91.8 cm³/mol. The molecule has 0 aliphatic carbocycles.